The van der Waals surface area contributed by atoms with Gasteiger partial charge >= 0.3 is 12.3 Å². The van der Waals surface area contributed by atoms with E-state index in [1.807, 2.05) is 0 Å². The van der Waals surface area contributed by atoms with Crippen LogP contribution in [0.5, 0.6) is 5.75 Å². The van der Waals surface area contributed by atoms with Crippen LogP contribution in [0.1, 0.15) is 21.6 Å². The van der Waals surface area contributed by atoms with Gasteiger partial charge in [0.1, 0.15) is 18.1 Å². The van der Waals surface area contributed by atoms with Gasteiger partial charge in [-0.3, -0.25) is 9.69 Å². The molecular weight excluding hydrogens is 496 g/mol. The van der Waals surface area contributed by atoms with E-state index in [0.717, 1.165) is 4.90 Å². The maximum atomic E-state index is 13.6. The molecule has 0 spiro atoms. The van der Waals surface area contributed by atoms with Crippen LogP contribution in [-0.4, -0.2) is 54.5 Å². The number of rotatable bonds is 7. The second-order valence-corrected chi connectivity index (χ2v) is 8.19. The zero-order chi connectivity index (χ0) is 27.0. The van der Waals surface area contributed by atoms with Crippen molar-refractivity contribution in [1.82, 2.24) is 9.47 Å². The van der Waals surface area contributed by atoms with Crippen LogP contribution in [0, 0.1) is 0 Å². The van der Waals surface area contributed by atoms with Gasteiger partial charge in [-0.2, -0.15) is 0 Å². The maximum absolute atomic E-state index is 13.6. The van der Waals surface area contributed by atoms with Gasteiger partial charge in [-0.15, -0.1) is 13.2 Å². The molecule has 8 nitrogen and oxygen atoms in total. The molecule has 37 heavy (non-hydrogen) atoms. The maximum Gasteiger partial charge on any atom is 0.573 e. The normalized spacial score (nSPS) is 17.6. The number of esters is 1. The number of aryl methyl sites for hydroxylation is 1. The first-order valence-electron chi connectivity index (χ1n) is 11.0. The Morgan fingerprint density at radius 2 is 1.76 bits per heavy atom. The number of nitrogens with zero attached hydrogens (tertiary/aromatic N) is 3. The molecule has 0 radical (unpaired) electrons. The average Bonchev–Trinajstić information content (AvgIpc) is 3.38. The van der Waals surface area contributed by atoms with Crippen LogP contribution >= 0.6 is 0 Å². The topological polar surface area (TPSA) is 99.2 Å². The summed E-state index contributed by atoms with van der Waals surface area (Å²) in [6.07, 6.45) is -3.42. The summed E-state index contributed by atoms with van der Waals surface area (Å²) in [5.74, 6) is -1.77. The fraction of sp³-hybridized carbons (Fsp3) is 0.240. The third-order valence-corrected chi connectivity index (χ3v) is 5.96. The van der Waals surface area contributed by atoms with Gasteiger partial charge in [0.15, 0.2) is 11.5 Å². The lowest BCUT2D eigenvalue weighted by atomic mass is 9.83. The molecule has 12 heteroatoms. The van der Waals surface area contributed by atoms with Gasteiger partial charge in [-0.05, 0) is 41.0 Å². The highest BCUT2D eigenvalue weighted by molar-refractivity contribution is 6.09. The minimum Gasteiger partial charge on any atom is -0.464 e. The molecule has 1 aromatic heterocycles. The SMILES string of the molecule is COC(=O)c1cc(C2(c3cccc(-c4cccc(OC(F)(F)F)c4)c3)N=C(N)N(C)C2=O)cn1CCF. The summed E-state index contributed by atoms with van der Waals surface area (Å²) in [4.78, 5) is 31.6. The minimum absolute atomic E-state index is 0.0128. The summed E-state index contributed by atoms with van der Waals surface area (Å²) in [6, 6.07) is 13.2. The van der Waals surface area contributed by atoms with Crippen molar-refractivity contribution < 1.29 is 36.6 Å². The van der Waals surface area contributed by atoms with Crippen LogP contribution in [0.25, 0.3) is 11.1 Å². The summed E-state index contributed by atoms with van der Waals surface area (Å²) < 4.78 is 61.5. The van der Waals surface area contributed by atoms with E-state index in [9.17, 15) is 27.2 Å². The minimum atomic E-state index is -4.86. The number of carbonyl (C=O) groups is 2. The first-order chi connectivity index (χ1) is 17.5. The molecule has 1 unspecified atom stereocenters. The fourth-order valence-corrected chi connectivity index (χ4v) is 4.24. The quantitative estimate of drug-likeness (QED) is 0.379. The molecule has 0 aliphatic carbocycles. The third-order valence-electron chi connectivity index (χ3n) is 5.96. The number of aromatic nitrogens is 1. The van der Waals surface area contributed by atoms with Crippen molar-refractivity contribution in [3.8, 4) is 16.9 Å². The number of likely N-dealkylation sites (N-methyl/N-ethyl adjacent to an activating group) is 1. The number of alkyl halides is 4. The summed E-state index contributed by atoms with van der Waals surface area (Å²) in [6.45, 7) is -0.952. The van der Waals surface area contributed by atoms with E-state index in [1.165, 1.54) is 49.2 Å². The molecular formula is C25H22F4N4O4. The molecule has 4 rings (SSSR count). The molecule has 1 atom stereocenters. The van der Waals surface area contributed by atoms with Gasteiger partial charge in [-0.25, -0.2) is 14.2 Å². The molecule has 0 bridgehead atoms. The van der Waals surface area contributed by atoms with Crippen molar-refractivity contribution in [1.29, 1.82) is 0 Å². The van der Waals surface area contributed by atoms with Crippen molar-refractivity contribution in [2.24, 2.45) is 10.7 Å². The zero-order valence-electron chi connectivity index (χ0n) is 19.8. The van der Waals surface area contributed by atoms with Gasteiger partial charge in [0, 0.05) is 18.8 Å². The number of amides is 1. The molecule has 2 heterocycles. The van der Waals surface area contributed by atoms with Crippen molar-refractivity contribution in [2.45, 2.75) is 18.4 Å². The summed E-state index contributed by atoms with van der Waals surface area (Å²) in [5, 5.41) is 0. The highest BCUT2D eigenvalue weighted by Crippen LogP contribution is 2.41. The Morgan fingerprint density at radius 1 is 1.08 bits per heavy atom. The molecule has 2 N–H and O–H groups in total. The molecule has 1 amide bonds. The summed E-state index contributed by atoms with van der Waals surface area (Å²) in [5.41, 5.74) is 5.72. The lowest BCUT2D eigenvalue weighted by Gasteiger charge is -2.25. The summed E-state index contributed by atoms with van der Waals surface area (Å²) >= 11 is 0. The number of nitrogens with two attached hydrogens (primary N) is 1. The van der Waals surface area contributed by atoms with E-state index in [0.29, 0.717) is 16.7 Å². The number of carbonyl (C=O) groups excluding carboxylic acids is 2. The number of aliphatic imine (C=N–C) groups is 1. The predicted octanol–water partition coefficient (Wildman–Crippen LogP) is 3.84. The Hall–Kier alpha value is -4.35. The highest BCUT2D eigenvalue weighted by atomic mass is 19.4. The average molecular weight is 518 g/mol. The van der Waals surface area contributed by atoms with Crippen LogP contribution < -0.4 is 10.5 Å². The number of halogens is 4. The first-order valence-corrected chi connectivity index (χ1v) is 11.0. The number of ether oxygens (including phenoxy) is 2. The second kappa shape index (κ2) is 9.60. The smallest absolute Gasteiger partial charge is 0.464 e. The van der Waals surface area contributed by atoms with Crippen LogP contribution in [0.4, 0.5) is 17.6 Å². The van der Waals surface area contributed by atoms with Gasteiger partial charge in [0.2, 0.25) is 0 Å². The molecule has 1 aliphatic heterocycles. The lowest BCUT2D eigenvalue weighted by molar-refractivity contribution is -0.274. The fourth-order valence-electron chi connectivity index (χ4n) is 4.24. The molecule has 194 valence electrons. The van der Waals surface area contributed by atoms with Crippen molar-refractivity contribution in [3.63, 3.8) is 0 Å². The molecule has 2 aromatic carbocycles. The third kappa shape index (κ3) is 4.74. The van der Waals surface area contributed by atoms with E-state index >= 15 is 0 Å². The van der Waals surface area contributed by atoms with Gasteiger partial charge < -0.3 is 19.8 Å². The summed E-state index contributed by atoms with van der Waals surface area (Å²) in [7, 11) is 2.61. The van der Waals surface area contributed by atoms with E-state index in [1.54, 1.807) is 30.3 Å². The van der Waals surface area contributed by atoms with Crippen molar-refractivity contribution in [3.05, 3.63) is 77.6 Å². The van der Waals surface area contributed by atoms with Gasteiger partial charge in [0.25, 0.3) is 5.91 Å². The van der Waals surface area contributed by atoms with Crippen molar-refractivity contribution in [2.75, 3.05) is 20.8 Å². The van der Waals surface area contributed by atoms with E-state index in [-0.39, 0.29) is 23.8 Å². The Bertz CT molecular complexity index is 1390. The van der Waals surface area contributed by atoms with Crippen LogP contribution in [0.2, 0.25) is 0 Å². The van der Waals surface area contributed by atoms with E-state index < -0.39 is 36.2 Å². The van der Waals surface area contributed by atoms with E-state index in [2.05, 4.69) is 9.73 Å². The molecule has 3 aromatic rings. The van der Waals surface area contributed by atoms with Gasteiger partial charge in [0.05, 0.1) is 13.7 Å². The zero-order valence-corrected chi connectivity index (χ0v) is 19.8. The largest absolute Gasteiger partial charge is 0.573 e. The van der Waals surface area contributed by atoms with E-state index in [4.69, 9.17) is 10.5 Å². The first kappa shape index (κ1) is 25.7. The second-order valence-electron chi connectivity index (χ2n) is 8.19. The Balaban J connectivity index is 1.88. The monoisotopic (exact) mass is 518 g/mol. The highest BCUT2D eigenvalue weighted by Gasteiger charge is 2.50. The number of methoxy groups -OCH3 is 1. The van der Waals surface area contributed by atoms with Crippen LogP contribution in [0.15, 0.2) is 65.8 Å². The lowest BCUT2D eigenvalue weighted by Crippen LogP contribution is -2.41. The molecule has 0 fully saturated rings. The Morgan fingerprint density at radius 3 is 2.35 bits per heavy atom. The van der Waals surface area contributed by atoms with Crippen molar-refractivity contribution >= 4 is 17.8 Å². The molecule has 0 saturated carbocycles. The molecule has 1 aliphatic rings. The Labute approximate surface area is 208 Å². The standard InChI is InChI=1S/C25H22F4N4O4/c1-32-22(35)24(31-23(32)30,18-13-20(21(34)36-2)33(14-18)10-9-26)17-7-3-5-15(11-17)16-6-4-8-19(12-16)37-25(27,28)29/h3-8,11-14H,9-10H2,1-2H3,(H2,30,31). The van der Waals surface area contributed by atoms with Gasteiger partial charge in [-0.1, -0.05) is 30.3 Å². The molecule has 0 saturated heterocycles. The number of guanidine groups is 1. The Kier molecular flexibility index (Phi) is 6.68. The van der Waals surface area contributed by atoms with Crippen LogP contribution in [0.3, 0.4) is 0 Å². The van der Waals surface area contributed by atoms with Crippen LogP contribution in [-0.2, 0) is 21.6 Å². The number of hydrogen-bond acceptors (Lipinski definition) is 6. The predicted molar refractivity (Wildman–Crippen MR) is 125 cm³/mol. The number of hydrogen-bond donors (Lipinski definition) is 1. The number of benzene rings is 2.